The summed E-state index contributed by atoms with van der Waals surface area (Å²) in [5.41, 5.74) is 5.52. The molecule has 0 spiro atoms. The van der Waals surface area contributed by atoms with E-state index in [0.29, 0.717) is 5.46 Å². The number of aryl methyl sites for hydroxylation is 2. The van der Waals surface area contributed by atoms with Crippen LogP contribution in [0.1, 0.15) is 11.1 Å². The summed E-state index contributed by atoms with van der Waals surface area (Å²) in [7, 11) is -1.53. The minimum atomic E-state index is -1.53. The Morgan fingerprint density at radius 2 is 1.12 bits per heavy atom. The van der Waals surface area contributed by atoms with E-state index in [9.17, 15) is 10.0 Å². The third kappa shape index (κ3) is 3.35. The lowest BCUT2D eigenvalue weighted by atomic mass is 9.78. The highest BCUT2D eigenvalue weighted by Gasteiger charge is 2.21. The first-order valence-corrected chi connectivity index (χ1v) is 7.95. The van der Waals surface area contributed by atoms with Crippen LogP contribution in [-0.4, -0.2) is 17.2 Å². The Bertz CT molecular complexity index is 768. The molecule has 0 saturated carbocycles. The molecule has 0 aliphatic carbocycles. The van der Waals surface area contributed by atoms with E-state index in [-0.39, 0.29) is 0 Å². The number of benzene rings is 3. The van der Waals surface area contributed by atoms with Crippen LogP contribution in [0.25, 0.3) is 0 Å². The van der Waals surface area contributed by atoms with Gasteiger partial charge in [0.15, 0.2) is 0 Å². The predicted molar refractivity (Wildman–Crippen MR) is 100 cm³/mol. The largest absolute Gasteiger partial charge is 0.490 e. The fraction of sp³-hybridized carbons (Fsp3) is 0.100. The highest BCUT2D eigenvalue weighted by Crippen LogP contribution is 2.33. The molecule has 4 heteroatoms. The Hall–Kier alpha value is -2.56. The van der Waals surface area contributed by atoms with Gasteiger partial charge < -0.3 is 14.9 Å². The van der Waals surface area contributed by atoms with Gasteiger partial charge in [-0.1, -0.05) is 53.6 Å². The van der Waals surface area contributed by atoms with Crippen molar-refractivity contribution in [3.63, 3.8) is 0 Å². The zero-order valence-corrected chi connectivity index (χ0v) is 13.8. The average molecular weight is 317 g/mol. The molecule has 2 N–H and O–H groups in total. The van der Waals surface area contributed by atoms with Crippen molar-refractivity contribution >= 4 is 29.6 Å². The molecule has 3 nitrogen and oxygen atoms in total. The lowest BCUT2D eigenvalue weighted by Gasteiger charge is -2.27. The minimum absolute atomic E-state index is 0.471. The topological polar surface area (TPSA) is 43.7 Å². The monoisotopic (exact) mass is 317 g/mol. The Morgan fingerprint density at radius 3 is 1.58 bits per heavy atom. The molecule has 3 aromatic rings. The molecule has 0 amide bonds. The van der Waals surface area contributed by atoms with Crippen LogP contribution in [-0.2, 0) is 0 Å². The van der Waals surface area contributed by atoms with Crippen LogP contribution in [0.4, 0.5) is 17.1 Å². The molecule has 3 rings (SSSR count). The number of anilines is 3. The molecule has 0 atom stereocenters. The van der Waals surface area contributed by atoms with E-state index < -0.39 is 7.12 Å². The summed E-state index contributed by atoms with van der Waals surface area (Å²) >= 11 is 0. The van der Waals surface area contributed by atoms with E-state index in [0.717, 1.165) is 17.1 Å². The summed E-state index contributed by atoms with van der Waals surface area (Å²) in [6, 6.07) is 23.7. The maximum Gasteiger partial charge on any atom is 0.490 e. The van der Waals surface area contributed by atoms with E-state index in [1.807, 2.05) is 55.1 Å². The van der Waals surface area contributed by atoms with Gasteiger partial charge in [-0.2, -0.15) is 0 Å². The molecular formula is C20H20BNO2. The zero-order valence-electron chi connectivity index (χ0n) is 13.8. The average Bonchev–Trinajstić information content (AvgIpc) is 2.59. The van der Waals surface area contributed by atoms with E-state index in [2.05, 4.69) is 24.3 Å². The van der Waals surface area contributed by atoms with Gasteiger partial charge in [0.05, 0.1) is 0 Å². The number of hydrogen-bond donors (Lipinski definition) is 2. The molecule has 0 fully saturated rings. The summed E-state index contributed by atoms with van der Waals surface area (Å²) in [6.07, 6.45) is 0. The van der Waals surface area contributed by atoms with Gasteiger partial charge in [0.2, 0.25) is 0 Å². The Kier molecular flexibility index (Phi) is 4.70. The molecule has 3 aromatic carbocycles. The summed E-state index contributed by atoms with van der Waals surface area (Å²) in [4.78, 5) is 2.04. The maximum absolute atomic E-state index is 9.76. The first-order valence-electron chi connectivity index (χ1n) is 7.95. The van der Waals surface area contributed by atoms with Crippen LogP contribution in [0.2, 0.25) is 0 Å². The summed E-state index contributed by atoms with van der Waals surface area (Å²) in [5.74, 6) is 0. The molecule has 24 heavy (non-hydrogen) atoms. The van der Waals surface area contributed by atoms with Gasteiger partial charge in [-0.15, -0.1) is 0 Å². The molecule has 0 radical (unpaired) electrons. The van der Waals surface area contributed by atoms with Gasteiger partial charge >= 0.3 is 7.12 Å². The quantitative estimate of drug-likeness (QED) is 0.724. The number of para-hydroxylation sites is 1. The second-order valence-corrected chi connectivity index (χ2v) is 5.94. The first kappa shape index (κ1) is 16.3. The Balaban J connectivity index is 2.19. The van der Waals surface area contributed by atoms with Gasteiger partial charge in [-0.25, -0.2) is 0 Å². The molecule has 0 aliphatic heterocycles. The lowest BCUT2D eigenvalue weighted by molar-refractivity contribution is 0.426. The molecule has 0 aromatic heterocycles. The van der Waals surface area contributed by atoms with E-state index in [4.69, 9.17) is 0 Å². The van der Waals surface area contributed by atoms with Crippen molar-refractivity contribution in [2.45, 2.75) is 13.8 Å². The van der Waals surface area contributed by atoms with Gasteiger partial charge in [0, 0.05) is 22.5 Å². The fourth-order valence-electron chi connectivity index (χ4n) is 2.72. The predicted octanol–water partition coefficient (Wildman–Crippen LogP) is 3.45. The van der Waals surface area contributed by atoms with Crippen molar-refractivity contribution in [1.82, 2.24) is 0 Å². The van der Waals surface area contributed by atoms with Crippen LogP contribution in [0.5, 0.6) is 0 Å². The lowest BCUT2D eigenvalue weighted by Crippen LogP contribution is -2.34. The van der Waals surface area contributed by atoms with Crippen LogP contribution in [0, 0.1) is 13.8 Å². The Morgan fingerprint density at radius 1 is 0.667 bits per heavy atom. The Labute approximate surface area is 143 Å². The van der Waals surface area contributed by atoms with Crippen molar-refractivity contribution in [2.24, 2.45) is 0 Å². The van der Waals surface area contributed by atoms with Crippen LogP contribution >= 0.6 is 0 Å². The number of rotatable bonds is 4. The standard InChI is InChI=1S/C20H20BNO2/c1-15-7-11-17(12-8-15)22(18-13-9-16(2)10-14-18)20-6-4-3-5-19(20)21(23)24/h3-14,23-24H,1-2H3. The second kappa shape index (κ2) is 6.91. The summed E-state index contributed by atoms with van der Waals surface area (Å²) in [6.45, 7) is 4.09. The number of hydrogen-bond acceptors (Lipinski definition) is 3. The van der Waals surface area contributed by atoms with Crippen LogP contribution in [0.15, 0.2) is 72.8 Å². The van der Waals surface area contributed by atoms with Crippen molar-refractivity contribution in [2.75, 3.05) is 4.90 Å². The minimum Gasteiger partial charge on any atom is -0.423 e. The van der Waals surface area contributed by atoms with Crippen LogP contribution in [0.3, 0.4) is 0 Å². The number of nitrogens with zero attached hydrogens (tertiary/aromatic N) is 1. The fourth-order valence-corrected chi connectivity index (χ4v) is 2.72. The van der Waals surface area contributed by atoms with Gasteiger partial charge in [-0.3, -0.25) is 0 Å². The molecule has 0 heterocycles. The van der Waals surface area contributed by atoms with Crippen molar-refractivity contribution in [3.05, 3.63) is 83.9 Å². The van der Waals surface area contributed by atoms with Crippen molar-refractivity contribution in [1.29, 1.82) is 0 Å². The van der Waals surface area contributed by atoms with Crippen LogP contribution < -0.4 is 10.4 Å². The van der Waals surface area contributed by atoms with Crippen molar-refractivity contribution in [3.8, 4) is 0 Å². The van der Waals surface area contributed by atoms with Gasteiger partial charge in [-0.05, 0) is 44.2 Å². The molecule has 0 bridgehead atoms. The smallest absolute Gasteiger partial charge is 0.423 e. The molecular weight excluding hydrogens is 297 g/mol. The van der Waals surface area contributed by atoms with Gasteiger partial charge in [0.1, 0.15) is 0 Å². The molecule has 0 saturated heterocycles. The second-order valence-electron chi connectivity index (χ2n) is 5.94. The third-order valence-corrected chi connectivity index (χ3v) is 4.04. The third-order valence-electron chi connectivity index (χ3n) is 4.04. The van der Waals surface area contributed by atoms with E-state index in [1.54, 1.807) is 12.1 Å². The summed E-state index contributed by atoms with van der Waals surface area (Å²) in [5, 5.41) is 19.5. The highest BCUT2D eigenvalue weighted by molar-refractivity contribution is 6.60. The van der Waals surface area contributed by atoms with Gasteiger partial charge in [0.25, 0.3) is 0 Å². The maximum atomic E-state index is 9.76. The SMILES string of the molecule is Cc1ccc(N(c2ccc(C)cc2)c2ccccc2B(O)O)cc1. The molecule has 0 aliphatic rings. The van der Waals surface area contributed by atoms with E-state index in [1.165, 1.54) is 11.1 Å². The zero-order chi connectivity index (χ0) is 17.1. The molecule has 0 unspecified atom stereocenters. The highest BCUT2D eigenvalue weighted by atomic mass is 16.4. The first-order chi connectivity index (χ1) is 11.6. The normalized spacial score (nSPS) is 10.5. The summed E-state index contributed by atoms with van der Waals surface area (Å²) < 4.78 is 0. The van der Waals surface area contributed by atoms with Crippen molar-refractivity contribution < 1.29 is 10.0 Å². The van der Waals surface area contributed by atoms with E-state index >= 15 is 0 Å². The molecule has 120 valence electrons.